The highest BCUT2D eigenvalue weighted by Crippen LogP contribution is 2.25. The Morgan fingerprint density at radius 3 is 2.38 bits per heavy atom. The van der Waals surface area contributed by atoms with Crippen LogP contribution in [0.3, 0.4) is 0 Å². The number of aromatic hydroxyl groups is 1. The third-order valence-corrected chi connectivity index (χ3v) is 3.64. The van der Waals surface area contributed by atoms with Crippen molar-refractivity contribution in [3.05, 3.63) is 23.3 Å². The van der Waals surface area contributed by atoms with Crippen molar-refractivity contribution < 1.29 is 23.4 Å². The van der Waals surface area contributed by atoms with Crippen LogP contribution in [0.25, 0.3) is 0 Å². The lowest BCUT2D eigenvalue weighted by Crippen LogP contribution is -2.20. The molecule has 1 aromatic rings. The number of aromatic carboxylic acids is 1. The predicted octanol–water partition coefficient (Wildman–Crippen LogP) is 0.307. The van der Waals surface area contributed by atoms with Crippen molar-refractivity contribution >= 4 is 16.0 Å². The molecule has 0 aromatic heterocycles. The first kappa shape index (κ1) is 12.5. The molecule has 0 unspecified atom stereocenters. The molecule has 0 aliphatic rings. The number of carbonyl (C=O) groups is 1. The number of phenols is 1. The second-order valence-electron chi connectivity index (χ2n) is 3.15. The monoisotopic (exact) mass is 245 g/mol. The van der Waals surface area contributed by atoms with Crippen molar-refractivity contribution in [2.45, 2.75) is 11.8 Å². The van der Waals surface area contributed by atoms with Gasteiger partial charge >= 0.3 is 5.97 Å². The lowest BCUT2D eigenvalue weighted by Gasteiger charge is -2.08. The van der Waals surface area contributed by atoms with Crippen LogP contribution >= 0.6 is 0 Å². The summed E-state index contributed by atoms with van der Waals surface area (Å²) in [6.07, 6.45) is 0. The molecule has 0 radical (unpaired) electrons. The van der Waals surface area contributed by atoms with Crippen molar-refractivity contribution in [3.63, 3.8) is 0 Å². The Morgan fingerprint density at radius 2 is 1.94 bits per heavy atom. The molecule has 0 bridgehead atoms. The van der Waals surface area contributed by atoms with Crippen LogP contribution < -0.4 is 4.72 Å². The van der Waals surface area contributed by atoms with Crippen LogP contribution in [-0.2, 0) is 10.0 Å². The Labute approximate surface area is 92.6 Å². The van der Waals surface area contributed by atoms with Gasteiger partial charge in [-0.3, -0.25) is 0 Å². The summed E-state index contributed by atoms with van der Waals surface area (Å²) in [5.74, 6) is -1.84. The van der Waals surface area contributed by atoms with Gasteiger partial charge in [-0.1, -0.05) is 0 Å². The molecule has 1 rings (SSSR count). The van der Waals surface area contributed by atoms with E-state index in [0.29, 0.717) is 0 Å². The summed E-state index contributed by atoms with van der Waals surface area (Å²) >= 11 is 0. The van der Waals surface area contributed by atoms with E-state index in [9.17, 15) is 18.3 Å². The summed E-state index contributed by atoms with van der Waals surface area (Å²) in [7, 11) is -2.50. The van der Waals surface area contributed by atoms with Crippen LogP contribution in [0.5, 0.6) is 5.75 Å². The smallest absolute Gasteiger partial charge is 0.339 e. The Bertz CT molecular complexity index is 535. The largest absolute Gasteiger partial charge is 0.507 e. The van der Waals surface area contributed by atoms with E-state index < -0.39 is 27.3 Å². The summed E-state index contributed by atoms with van der Waals surface area (Å²) in [6.45, 7) is 1.47. The fraction of sp³-hybridized carbons (Fsp3) is 0.222. The molecule has 0 aliphatic carbocycles. The maximum absolute atomic E-state index is 11.5. The molecule has 1 aromatic carbocycles. The maximum Gasteiger partial charge on any atom is 0.339 e. The second kappa shape index (κ2) is 4.11. The Hall–Kier alpha value is -1.60. The summed E-state index contributed by atoms with van der Waals surface area (Å²) in [4.78, 5) is 10.6. The van der Waals surface area contributed by atoms with E-state index in [0.717, 1.165) is 12.1 Å². The first-order valence-corrected chi connectivity index (χ1v) is 5.78. The van der Waals surface area contributed by atoms with Gasteiger partial charge in [0.1, 0.15) is 11.3 Å². The number of sulfonamides is 1. The molecule has 0 heterocycles. The molecule has 88 valence electrons. The minimum absolute atomic E-state index is 0.162. The number of hydrogen-bond donors (Lipinski definition) is 3. The lowest BCUT2D eigenvalue weighted by atomic mass is 10.1. The average molecular weight is 245 g/mol. The minimum atomic E-state index is -3.73. The van der Waals surface area contributed by atoms with E-state index in [1.807, 2.05) is 0 Å². The number of hydrogen-bond acceptors (Lipinski definition) is 4. The Balaban J connectivity index is 3.55. The fourth-order valence-corrected chi connectivity index (χ4v) is 2.22. The van der Waals surface area contributed by atoms with Gasteiger partial charge in [-0.2, -0.15) is 0 Å². The molecule has 0 spiro atoms. The van der Waals surface area contributed by atoms with Crippen LogP contribution in [0.2, 0.25) is 0 Å². The highest BCUT2D eigenvalue weighted by Gasteiger charge is 2.20. The molecule has 0 saturated carbocycles. The molecular formula is C9H11NO5S. The van der Waals surface area contributed by atoms with Gasteiger partial charge in [-0.15, -0.1) is 0 Å². The van der Waals surface area contributed by atoms with E-state index in [-0.39, 0.29) is 10.5 Å². The van der Waals surface area contributed by atoms with E-state index in [4.69, 9.17) is 5.11 Å². The first-order chi connectivity index (χ1) is 7.29. The van der Waals surface area contributed by atoms with Crippen LogP contribution in [0.15, 0.2) is 17.0 Å². The molecule has 16 heavy (non-hydrogen) atoms. The number of nitrogens with one attached hydrogen (secondary N) is 1. The standard InChI is InChI=1S/C9H11NO5S/c1-5-3-7(11)6(9(12)13)4-8(5)16(14,15)10-2/h3-4,10-11H,1-2H3,(H,12,13). The van der Waals surface area contributed by atoms with Crippen LogP contribution in [-0.4, -0.2) is 31.6 Å². The van der Waals surface area contributed by atoms with Gasteiger partial charge in [0.05, 0.1) is 4.90 Å². The zero-order valence-corrected chi connectivity index (χ0v) is 9.50. The van der Waals surface area contributed by atoms with Crippen LogP contribution in [0.1, 0.15) is 15.9 Å². The molecule has 0 amide bonds. The summed E-state index contributed by atoms with van der Waals surface area (Å²) in [5.41, 5.74) is -0.170. The number of carboxylic acid groups (broad SMARTS) is 1. The SMILES string of the molecule is CNS(=O)(=O)c1cc(C(=O)O)c(O)cc1C. The Morgan fingerprint density at radius 1 is 1.38 bits per heavy atom. The van der Waals surface area contributed by atoms with E-state index in [1.165, 1.54) is 14.0 Å². The number of aryl methyl sites for hydroxylation is 1. The number of carboxylic acids is 1. The van der Waals surface area contributed by atoms with Gasteiger partial charge in [-0.05, 0) is 31.7 Å². The number of benzene rings is 1. The predicted molar refractivity (Wildman–Crippen MR) is 56.0 cm³/mol. The maximum atomic E-state index is 11.5. The van der Waals surface area contributed by atoms with Crippen LogP contribution in [0, 0.1) is 6.92 Å². The third kappa shape index (κ3) is 2.15. The molecule has 0 saturated heterocycles. The van der Waals surface area contributed by atoms with E-state index in [2.05, 4.69) is 4.72 Å². The van der Waals surface area contributed by atoms with Crippen molar-refractivity contribution in [1.29, 1.82) is 0 Å². The lowest BCUT2D eigenvalue weighted by molar-refractivity contribution is 0.0693. The molecule has 3 N–H and O–H groups in total. The summed E-state index contributed by atoms with van der Waals surface area (Å²) in [6, 6.07) is 2.03. The normalized spacial score (nSPS) is 11.4. The van der Waals surface area contributed by atoms with Crippen molar-refractivity contribution in [3.8, 4) is 5.75 Å². The quantitative estimate of drug-likeness (QED) is 0.710. The second-order valence-corrected chi connectivity index (χ2v) is 5.00. The topological polar surface area (TPSA) is 104 Å². The average Bonchev–Trinajstić information content (AvgIpc) is 2.16. The van der Waals surface area contributed by atoms with E-state index >= 15 is 0 Å². The fourth-order valence-electron chi connectivity index (χ4n) is 1.24. The number of rotatable bonds is 3. The van der Waals surface area contributed by atoms with Crippen molar-refractivity contribution in [2.75, 3.05) is 7.05 Å². The van der Waals surface area contributed by atoms with Gasteiger partial charge in [0, 0.05) is 0 Å². The molecule has 0 atom stereocenters. The van der Waals surface area contributed by atoms with Crippen molar-refractivity contribution in [1.82, 2.24) is 4.72 Å². The Kier molecular flexibility index (Phi) is 3.20. The van der Waals surface area contributed by atoms with Gasteiger partial charge in [0.15, 0.2) is 0 Å². The minimum Gasteiger partial charge on any atom is -0.507 e. The third-order valence-electron chi connectivity index (χ3n) is 2.08. The first-order valence-electron chi connectivity index (χ1n) is 4.30. The highest BCUT2D eigenvalue weighted by molar-refractivity contribution is 7.89. The van der Waals surface area contributed by atoms with Gasteiger partial charge < -0.3 is 10.2 Å². The molecule has 0 fully saturated rings. The van der Waals surface area contributed by atoms with E-state index in [1.54, 1.807) is 0 Å². The summed E-state index contributed by atoms with van der Waals surface area (Å²) < 4.78 is 25.1. The van der Waals surface area contributed by atoms with Gasteiger partial charge in [0.25, 0.3) is 0 Å². The van der Waals surface area contributed by atoms with Crippen LogP contribution in [0.4, 0.5) is 0 Å². The highest BCUT2D eigenvalue weighted by atomic mass is 32.2. The van der Waals surface area contributed by atoms with Crippen molar-refractivity contribution in [2.24, 2.45) is 0 Å². The summed E-state index contributed by atoms with van der Waals surface area (Å²) in [5, 5.41) is 18.1. The molecule has 7 heteroatoms. The zero-order chi connectivity index (χ0) is 12.5. The van der Waals surface area contributed by atoms with Gasteiger partial charge in [0.2, 0.25) is 10.0 Å². The zero-order valence-electron chi connectivity index (χ0n) is 8.68. The molecule has 6 nitrogen and oxygen atoms in total. The van der Waals surface area contributed by atoms with Gasteiger partial charge in [-0.25, -0.2) is 17.9 Å². The molecule has 0 aliphatic heterocycles. The molecular weight excluding hydrogens is 234 g/mol.